The summed E-state index contributed by atoms with van der Waals surface area (Å²) < 4.78 is 10.8. The molecule has 8 nitrogen and oxygen atoms in total. The van der Waals surface area contributed by atoms with Gasteiger partial charge in [0.25, 0.3) is 5.60 Å². The summed E-state index contributed by atoms with van der Waals surface area (Å²) in [4.78, 5) is 41.0. The number of allylic oxidation sites excluding steroid dienone is 4. The van der Waals surface area contributed by atoms with Crippen molar-refractivity contribution in [2.24, 2.45) is 0 Å². The minimum atomic E-state index is -2.50. The van der Waals surface area contributed by atoms with Gasteiger partial charge in [-0.05, 0) is 88.0 Å². The molecule has 0 saturated carbocycles. The van der Waals surface area contributed by atoms with Gasteiger partial charge in [0.15, 0.2) is 23.1 Å². The Morgan fingerprint density at radius 1 is 0.632 bits per heavy atom. The van der Waals surface area contributed by atoms with Gasteiger partial charge in [0.2, 0.25) is 0 Å². The van der Waals surface area contributed by atoms with Crippen LogP contribution in [0.3, 0.4) is 0 Å². The first kappa shape index (κ1) is 51.8. The third kappa shape index (κ3) is 23.7. The van der Waals surface area contributed by atoms with E-state index in [0.717, 1.165) is 83.1 Å². The molecule has 0 heterocycles. The molecule has 0 aliphatic rings. The highest BCUT2D eigenvalue weighted by atomic mass is 16.6. The Bertz CT molecular complexity index is 1230. The smallest absolute Gasteiger partial charge is 0.332 e. The molecule has 0 aromatic heterocycles. The molecule has 8 heteroatoms. The first-order valence-corrected chi connectivity index (χ1v) is 22.7. The van der Waals surface area contributed by atoms with Gasteiger partial charge >= 0.3 is 5.97 Å². The molecule has 57 heavy (non-hydrogen) atoms. The summed E-state index contributed by atoms with van der Waals surface area (Å²) in [6, 6.07) is 4.50. The van der Waals surface area contributed by atoms with E-state index in [1.54, 1.807) is 6.07 Å². The van der Waals surface area contributed by atoms with Crippen LogP contribution < -0.4 is 4.74 Å². The molecule has 0 bridgehead atoms. The molecule has 1 aromatic rings. The number of carbonyl (C=O) groups is 3. The number of Topliss-reactive ketones (excluding diaryl/α,β-unsaturated/α-hetero) is 2. The van der Waals surface area contributed by atoms with Crippen molar-refractivity contribution in [3.63, 3.8) is 0 Å². The predicted molar refractivity (Wildman–Crippen MR) is 235 cm³/mol. The quantitative estimate of drug-likeness (QED) is 0.0198. The van der Waals surface area contributed by atoms with Crippen molar-refractivity contribution in [3.8, 4) is 11.5 Å². The maximum Gasteiger partial charge on any atom is 0.332 e. The number of unbranched alkanes of at least 4 members (excludes halogenated alkanes) is 22. The Balaban J connectivity index is 2.74. The molecule has 0 aliphatic carbocycles. The van der Waals surface area contributed by atoms with Crippen LogP contribution in [0.1, 0.15) is 199 Å². The number of rotatable bonds is 38. The van der Waals surface area contributed by atoms with Gasteiger partial charge < -0.3 is 24.8 Å². The first-order chi connectivity index (χ1) is 27.8. The Labute approximate surface area is 346 Å². The number of phenols is 1. The van der Waals surface area contributed by atoms with Crippen LogP contribution in [0.4, 0.5) is 0 Å². The third-order valence-electron chi connectivity index (χ3n) is 10.7. The maximum atomic E-state index is 13.9. The molecule has 0 unspecified atom stereocenters. The van der Waals surface area contributed by atoms with Gasteiger partial charge in [-0.3, -0.25) is 9.59 Å². The van der Waals surface area contributed by atoms with E-state index in [4.69, 9.17) is 9.47 Å². The van der Waals surface area contributed by atoms with E-state index < -0.39 is 35.8 Å². The average Bonchev–Trinajstić information content (AvgIpc) is 3.21. The SMILES string of the molecule is CCCCCCCC/C=C\CCCCCCCC(=O)C(OC(=O)C=Cc1ccc(O)c(OC)c1)(C(=O)CCCCCCC/C=C\CCCCCCCC)[C@@H](O)CO. The molecular weight excluding hydrogens is 717 g/mol. The number of methoxy groups -OCH3 is 1. The van der Waals surface area contributed by atoms with Gasteiger partial charge in [-0.2, -0.15) is 0 Å². The largest absolute Gasteiger partial charge is 0.504 e. The zero-order valence-electron chi connectivity index (χ0n) is 36.2. The number of aromatic hydroxyl groups is 1. The topological polar surface area (TPSA) is 130 Å². The zero-order chi connectivity index (χ0) is 41.8. The van der Waals surface area contributed by atoms with Crippen LogP contribution in [0, 0.1) is 0 Å². The number of benzene rings is 1. The van der Waals surface area contributed by atoms with Crippen molar-refractivity contribution in [2.45, 2.75) is 205 Å². The molecule has 1 rings (SSSR count). The van der Waals surface area contributed by atoms with Gasteiger partial charge in [-0.1, -0.05) is 147 Å². The second-order valence-electron chi connectivity index (χ2n) is 15.6. The number of hydrogen-bond donors (Lipinski definition) is 3. The molecule has 0 amide bonds. The number of aliphatic hydroxyl groups is 2. The van der Waals surface area contributed by atoms with Crippen LogP contribution in [-0.4, -0.2) is 58.3 Å². The molecule has 0 radical (unpaired) electrons. The predicted octanol–water partition coefficient (Wildman–Crippen LogP) is 12.3. The number of esters is 1. The normalized spacial score (nSPS) is 12.6. The van der Waals surface area contributed by atoms with Crippen molar-refractivity contribution >= 4 is 23.6 Å². The van der Waals surface area contributed by atoms with E-state index in [2.05, 4.69) is 38.2 Å². The fourth-order valence-electron chi connectivity index (χ4n) is 7.08. The van der Waals surface area contributed by atoms with Crippen molar-refractivity contribution in [3.05, 3.63) is 54.1 Å². The molecule has 1 atom stereocenters. The lowest BCUT2D eigenvalue weighted by Crippen LogP contribution is -2.60. The molecule has 1 aromatic carbocycles. The molecule has 0 saturated heterocycles. The fourth-order valence-corrected chi connectivity index (χ4v) is 7.08. The summed E-state index contributed by atoms with van der Waals surface area (Å²) in [5, 5.41) is 31.0. The molecule has 0 spiro atoms. The second-order valence-corrected chi connectivity index (χ2v) is 15.6. The Hall–Kier alpha value is -3.23. The minimum Gasteiger partial charge on any atom is -0.504 e. The van der Waals surface area contributed by atoms with Gasteiger partial charge in [-0.25, -0.2) is 4.79 Å². The van der Waals surface area contributed by atoms with Gasteiger partial charge in [0, 0.05) is 18.9 Å². The van der Waals surface area contributed by atoms with Gasteiger partial charge in [0.05, 0.1) is 13.7 Å². The average molecular weight is 797 g/mol. The van der Waals surface area contributed by atoms with Crippen LogP contribution in [-0.2, 0) is 19.1 Å². The van der Waals surface area contributed by atoms with E-state index in [1.165, 1.54) is 102 Å². The lowest BCUT2D eigenvalue weighted by Gasteiger charge is -2.34. The highest BCUT2D eigenvalue weighted by Crippen LogP contribution is 2.29. The lowest BCUT2D eigenvalue weighted by molar-refractivity contribution is -0.185. The highest BCUT2D eigenvalue weighted by molar-refractivity contribution is 6.13. The molecular formula is C49H80O8. The summed E-state index contributed by atoms with van der Waals surface area (Å²) >= 11 is 0. The van der Waals surface area contributed by atoms with Crippen LogP contribution >= 0.6 is 0 Å². The monoisotopic (exact) mass is 797 g/mol. The summed E-state index contributed by atoms with van der Waals surface area (Å²) in [6.07, 6.45) is 38.1. The number of aliphatic hydroxyl groups excluding tert-OH is 2. The number of ketones is 2. The van der Waals surface area contributed by atoms with Crippen LogP contribution in [0.2, 0.25) is 0 Å². The molecule has 0 fully saturated rings. The summed E-state index contributed by atoms with van der Waals surface area (Å²) in [7, 11) is 1.41. The summed E-state index contributed by atoms with van der Waals surface area (Å²) in [6.45, 7) is 3.56. The van der Waals surface area contributed by atoms with E-state index in [1.807, 2.05) is 0 Å². The van der Waals surface area contributed by atoms with E-state index in [-0.39, 0.29) is 24.3 Å². The minimum absolute atomic E-state index is 0.0561. The molecule has 0 aliphatic heterocycles. The highest BCUT2D eigenvalue weighted by Gasteiger charge is 2.53. The number of hydrogen-bond acceptors (Lipinski definition) is 8. The van der Waals surface area contributed by atoms with E-state index in [9.17, 15) is 29.7 Å². The lowest BCUT2D eigenvalue weighted by atomic mass is 9.82. The summed E-state index contributed by atoms with van der Waals surface area (Å²) in [5.41, 5.74) is -1.99. The van der Waals surface area contributed by atoms with Crippen molar-refractivity contribution in [1.29, 1.82) is 0 Å². The van der Waals surface area contributed by atoms with Crippen LogP contribution in [0.25, 0.3) is 6.08 Å². The van der Waals surface area contributed by atoms with E-state index >= 15 is 0 Å². The first-order valence-electron chi connectivity index (χ1n) is 22.7. The Morgan fingerprint density at radius 2 is 1.04 bits per heavy atom. The van der Waals surface area contributed by atoms with Gasteiger partial charge in [-0.15, -0.1) is 0 Å². The van der Waals surface area contributed by atoms with Crippen molar-refractivity contribution in [2.75, 3.05) is 13.7 Å². The molecule has 3 N–H and O–H groups in total. The van der Waals surface area contributed by atoms with E-state index in [0.29, 0.717) is 18.4 Å². The Morgan fingerprint density at radius 3 is 1.44 bits per heavy atom. The molecule has 324 valence electrons. The van der Waals surface area contributed by atoms with Crippen LogP contribution in [0.15, 0.2) is 48.6 Å². The number of ether oxygens (including phenoxy) is 2. The second kappa shape index (κ2) is 34.8. The van der Waals surface area contributed by atoms with Crippen LogP contribution in [0.5, 0.6) is 11.5 Å². The van der Waals surface area contributed by atoms with Crippen molar-refractivity contribution < 1.29 is 39.2 Å². The van der Waals surface area contributed by atoms with Gasteiger partial charge in [0.1, 0.15) is 6.10 Å². The zero-order valence-corrected chi connectivity index (χ0v) is 36.2. The number of phenolic OH excluding ortho intramolecular Hbond substituents is 1. The maximum absolute atomic E-state index is 13.9. The Kier molecular flexibility index (Phi) is 31.6. The summed E-state index contributed by atoms with van der Waals surface area (Å²) in [5.74, 6) is -2.23. The van der Waals surface area contributed by atoms with Crippen molar-refractivity contribution in [1.82, 2.24) is 0 Å². The fraction of sp³-hybridized carbons (Fsp3) is 0.694. The standard InChI is InChI=1S/C49H80O8/c1-4-6-8-10-12-14-16-18-20-22-24-26-28-30-32-34-45(52)49(47(54)41-50,57-48(55)39-37-42-36-38-43(51)44(40-42)56-3)46(53)35-33-31-29-27-25-23-21-19-17-15-13-11-9-7-5-2/h18-21,36-40,47,50-51,54H,4-17,22-35,41H2,1-3H3/b20-18-,21-19-,39-37?/t47-/m0/s1. The third-order valence-corrected chi connectivity index (χ3v) is 10.7. The number of carbonyl (C=O) groups excluding carboxylic acids is 3.